The molecule has 1 aliphatic carbocycles. The van der Waals surface area contributed by atoms with E-state index in [-0.39, 0.29) is 6.29 Å². The first-order valence-electron chi connectivity index (χ1n) is 6.91. The van der Waals surface area contributed by atoms with Gasteiger partial charge in [0.2, 0.25) is 0 Å². The molecule has 0 N–H and O–H groups in total. The molecule has 0 aromatic rings. The summed E-state index contributed by atoms with van der Waals surface area (Å²) in [6.07, 6.45) is 9.02. The van der Waals surface area contributed by atoms with Gasteiger partial charge in [0.15, 0.2) is 6.29 Å². The molecule has 1 heterocycles. The Morgan fingerprint density at radius 1 is 1.19 bits per heavy atom. The van der Waals surface area contributed by atoms with Crippen molar-refractivity contribution >= 4 is 0 Å². The van der Waals surface area contributed by atoms with Crippen molar-refractivity contribution in [2.45, 2.75) is 65.1 Å². The molecule has 94 valence electrons. The molecular weight excluding hydrogens is 200 g/mol. The predicted molar refractivity (Wildman–Crippen MR) is 65.3 cm³/mol. The average Bonchev–Trinajstić information content (AvgIpc) is 2.33. The maximum Gasteiger partial charge on any atom is 0.157 e. The molecule has 2 aliphatic rings. The zero-order valence-electron chi connectivity index (χ0n) is 10.8. The third-order valence-corrected chi connectivity index (χ3v) is 4.24. The van der Waals surface area contributed by atoms with Crippen molar-refractivity contribution in [1.82, 2.24) is 0 Å². The second-order valence-electron chi connectivity index (χ2n) is 6.10. The van der Waals surface area contributed by atoms with Gasteiger partial charge in [-0.1, -0.05) is 26.7 Å². The van der Waals surface area contributed by atoms with Gasteiger partial charge in [-0.05, 0) is 43.4 Å². The van der Waals surface area contributed by atoms with Gasteiger partial charge in [0.1, 0.15) is 0 Å². The van der Waals surface area contributed by atoms with Gasteiger partial charge < -0.3 is 9.47 Å². The van der Waals surface area contributed by atoms with Crippen LogP contribution in [-0.2, 0) is 9.47 Å². The highest BCUT2D eigenvalue weighted by Gasteiger charge is 2.31. The van der Waals surface area contributed by atoms with E-state index in [9.17, 15) is 0 Å². The van der Waals surface area contributed by atoms with Crippen LogP contribution in [0.3, 0.4) is 0 Å². The highest BCUT2D eigenvalue weighted by Crippen LogP contribution is 2.39. The fraction of sp³-hybridized carbons (Fsp3) is 1.00. The summed E-state index contributed by atoms with van der Waals surface area (Å²) in [7, 11) is 0. The Morgan fingerprint density at radius 3 is 2.56 bits per heavy atom. The molecule has 2 fully saturated rings. The van der Waals surface area contributed by atoms with Crippen molar-refractivity contribution < 1.29 is 9.47 Å². The molecule has 1 aliphatic heterocycles. The first kappa shape index (κ1) is 12.4. The van der Waals surface area contributed by atoms with Gasteiger partial charge in [-0.25, -0.2) is 0 Å². The summed E-state index contributed by atoms with van der Waals surface area (Å²) in [6, 6.07) is 0. The van der Waals surface area contributed by atoms with Gasteiger partial charge in [-0.3, -0.25) is 0 Å². The van der Waals surface area contributed by atoms with Crippen LogP contribution in [-0.4, -0.2) is 19.5 Å². The molecule has 1 saturated heterocycles. The molecule has 1 unspecified atom stereocenters. The Kier molecular flexibility index (Phi) is 4.26. The minimum atomic E-state index is 0.0879. The topological polar surface area (TPSA) is 18.5 Å². The quantitative estimate of drug-likeness (QED) is 0.729. The predicted octanol–water partition coefficient (Wildman–Crippen LogP) is 3.75. The van der Waals surface area contributed by atoms with Crippen LogP contribution in [0.2, 0.25) is 0 Å². The third kappa shape index (κ3) is 3.46. The lowest BCUT2D eigenvalue weighted by atomic mass is 9.73. The highest BCUT2D eigenvalue weighted by atomic mass is 16.7. The Labute approximate surface area is 99.7 Å². The minimum Gasteiger partial charge on any atom is -0.353 e. The molecule has 1 atom stereocenters. The Hall–Kier alpha value is -0.0800. The first-order valence-corrected chi connectivity index (χ1v) is 6.91. The van der Waals surface area contributed by atoms with Crippen LogP contribution >= 0.6 is 0 Å². The molecule has 2 nitrogen and oxygen atoms in total. The lowest BCUT2D eigenvalue weighted by Gasteiger charge is -2.37. The molecular formula is C14H26O2. The Morgan fingerprint density at radius 2 is 1.94 bits per heavy atom. The van der Waals surface area contributed by atoms with E-state index in [0.29, 0.717) is 5.41 Å². The van der Waals surface area contributed by atoms with Gasteiger partial charge in [-0.15, -0.1) is 0 Å². The van der Waals surface area contributed by atoms with Crippen LogP contribution in [0.15, 0.2) is 0 Å². The van der Waals surface area contributed by atoms with E-state index >= 15 is 0 Å². The zero-order valence-corrected chi connectivity index (χ0v) is 10.8. The van der Waals surface area contributed by atoms with Gasteiger partial charge in [0.25, 0.3) is 0 Å². The summed E-state index contributed by atoms with van der Waals surface area (Å²) in [5.41, 5.74) is 0.410. The molecule has 0 amide bonds. The summed E-state index contributed by atoms with van der Waals surface area (Å²) < 4.78 is 11.6. The van der Waals surface area contributed by atoms with E-state index < -0.39 is 0 Å². The molecule has 0 spiro atoms. The third-order valence-electron chi connectivity index (χ3n) is 4.24. The highest BCUT2D eigenvalue weighted by molar-refractivity contribution is 4.80. The van der Waals surface area contributed by atoms with Crippen molar-refractivity contribution in [2.75, 3.05) is 13.2 Å². The molecule has 16 heavy (non-hydrogen) atoms. The fourth-order valence-electron chi connectivity index (χ4n) is 2.74. The molecule has 0 aromatic heterocycles. The normalized spacial score (nSPS) is 40.9. The molecule has 2 heteroatoms. The van der Waals surface area contributed by atoms with Crippen LogP contribution in [0.5, 0.6) is 0 Å². The van der Waals surface area contributed by atoms with Crippen molar-refractivity contribution in [1.29, 1.82) is 0 Å². The number of hydrogen-bond donors (Lipinski definition) is 0. The van der Waals surface area contributed by atoms with Crippen LogP contribution in [0.1, 0.15) is 58.8 Å². The van der Waals surface area contributed by atoms with Crippen LogP contribution in [0, 0.1) is 11.3 Å². The van der Waals surface area contributed by atoms with Gasteiger partial charge in [-0.2, -0.15) is 0 Å². The van der Waals surface area contributed by atoms with Crippen LogP contribution < -0.4 is 0 Å². The van der Waals surface area contributed by atoms with E-state index in [1.807, 2.05) is 0 Å². The van der Waals surface area contributed by atoms with Crippen molar-refractivity contribution in [3.63, 3.8) is 0 Å². The van der Waals surface area contributed by atoms with E-state index in [1.54, 1.807) is 0 Å². The summed E-state index contributed by atoms with van der Waals surface area (Å²) in [6.45, 7) is 6.52. The first-order chi connectivity index (χ1) is 7.68. The smallest absolute Gasteiger partial charge is 0.157 e. The second-order valence-corrected chi connectivity index (χ2v) is 6.10. The van der Waals surface area contributed by atoms with E-state index in [0.717, 1.165) is 25.6 Å². The Bertz CT molecular complexity index is 201. The molecule has 1 saturated carbocycles. The van der Waals surface area contributed by atoms with E-state index in [1.165, 1.54) is 38.5 Å². The number of hydrogen-bond acceptors (Lipinski definition) is 2. The van der Waals surface area contributed by atoms with E-state index in [4.69, 9.17) is 9.47 Å². The minimum absolute atomic E-state index is 0.0879. The summed E-state index contributed by atoms with van der Waals surface area (Å²) in [4.78, 5) is 0. The average molecular weight is 226 g/mol. The maximum atomic E-state index is 5.94. The SMILES string of the molecule is CC1CCC(C)(COC2CCCCO2)CC1. The summed E-state index contributed by atoms with van der Waals surface area (Å²) in [5.74, 6) is 0.916. The van der Waals surface area contributed by atoms with Crippen molar-refractivity contribution in [2.24, 2.45) is 11.3 Å². The van der Waals surface area contributed by atoms with Crippen LogP contribution in [0.25, 0.3) is 0 Å². The number of ether oxygens (including phenoxy) is 2. The fourth-order valence-corrected chi connectivity index (χ4v) is 2.74. The van der Waals surface area contributed by atoms with Gasteiger partial charge >= 0.3 is 0 Å². The summed E-state index contributed by atoms with van der Waals surface area (Å²) >= 11 is 0. The second kappa shape index (κ2) is 5.50. The standard InChI is InChI=1S/C14H26O2/c1-12-6-8-14(2,9-7-12)11-16-13-5-3-4-10-15-13/h12-13H,3-11H2,1-2H3. The number of rotatable bonds is 3. The lowest BCUT2D eigenvalue weighted by Crippen LogP contribution is -2.32. The van der Waals surface area contributed by atoms with Crippen LogP contribution in [0.4, 0.5) is 0 Å². The maximum absolute atomic E-state index is 5.94. The molecule has 0 radical (unpaired) electrons. The van der Waals surface area contributed by atoms with Gasteiger partial charge in [0, 0.05) is 6.61 Å². The van der Waals surface area contributed by atoms with E-state index in [2.05, 4.69) is 13.8 Å². The molecule has 0 bridgehead atoms. The summed E-state index contributed by atoms with van der Waals surface area (Å²) in [5, 5.41) is 0. The van der Waals surface area contributed by atoms with Crippen molar-refractivity contribution in [3.05, 3.63) is 0 Å². The molecule has 0 aromatic carbocycles. The van der Waals surface area contributed by atoms with Crippen molar-refractivity contribution in [3.8, 4) is 0 Å². The monoisotopic (exact) mass is 226 g/mol. The largest absolute Gasteiger partial charge is 0.353 e. The van der Waals surface area contributed by atoms with Gasteiger partial charge in [0.05, 0.1) is 6.61 Å². The lowest BCUT2D eigenvalue weighted by molar-refractivity contribution is -0.180. The Balaban J connectivity index is 1.71. The zero-order chi connectivity index (χ0) is 11.4. The molecule has 2 rings (SSSR count).